The van der Waals surface area contributed by atoms with Crippen LogP contribution < -0.4 is 10.6 Å². The number of anilines is 1. The summed E-state index contributed by atoms with van der Waals surface area (Å²) in [4.78, 5) is 11.9. The second kappa shape index (κ2) is 7.77. The van der Waals surface area contributed by atoms with Crippen LogP contribution in [0.2, 0.25) is 5.02 Å². The van der Waals surface area contributed by atoms with Gasteiger partial charge in [0, 0.05) is 0 Å². The van der Waals surface area contributed by atoms with Gasteiger partial charge in [-0.25, -0.2) is 9.18 Å². The van der Waals surface area contributed by atoms with Crippen LogP contribution in [0.5, 0.6) is 0 Å². The first-order valence-corrected chi connectivity index (χ1v) is 7.14. The number of aliphatic hydroxyl groups excluding tert-OH is 1. The van der Waals surface area contributed by atoms with Gasteiger partial charge in [0.05, 0.1) is 23.4 Å². The van der Waals surface area contributed by atoms with E-state index in [-0.39, 0.29) is 17.3 Å². The van der Waals surface area contributed by atoms with Gasteiger partial charge in [-0.05, 0) is 24.1 Å². The monoisotopic (exact) mass is 322 g/mol. The van der Waals surface area contributed by atoms with E-state index >= 15 is 0 Å². The number of urea groups is 1. The Morgan fingerprint density at radius 3 is 2.59 bits per heavy atom. The van der Waals surface area contributed by atoms with E-state index in [0.717, 1.165) is 5.56 Å². The van der Waals surface area contributed by atoms with Crippen LogP contribution >= 0.6 is 11.6 Å². The summed E-state index contributed by atoms with van der Waals surface area (Å²) < 4.78 is 13.7. The number of nitrogens with one attached hydrogen (secondary N) is 2. The van der Waals surface area contributed by atoms with Gasteiger partial charge in [-0.2, -0.15) is 0 Å². The minimum atomic E-state index is -0.692. The average molecular weight is 323 g/mol. The predicted molar refractivity (Wildman–Crippen MR) is 84.6 cm³/mol. The molecule has 0 radical (unpaired) electrons. The molecule has 0 aliphatic rings. The molecule has 22 heavy (non-hydrogen) atoms. The molecule has 2 rings (SSSR count). The predicted octanol–water partition coefficient (Wildman–Crippen LogP) is 3.20. The molecule has 3 N–H and O–H groups in total. The van der Waals surface area contributed by atoms with Crippen LogP contribution in [0.3, 0.4) is 0 Å². The minimum absolute atomic E-state index is 0.0126. The highest BCUT2D eigenvalue weighted by Crippen LogP contribution is 2.21. The molecule has 4 nitrogen and oxygen atoms in total. The van der Waals surface area contributed by atoms with Gasteiger partial charge in [0.15, 0.2) is 5.82 Å². The van der Waals surface area contributed by atoms with Crippen LogP contribution in [0.15, 0.2) is 48.5 Å². The van der Waals surface area contributed by atoms with Crippen LogP contribution in [0.4, 0.5) is 14.9 Å². The average Bonchev–Trinajstić information content (AvgIpc) is 2.52. The quantitative estimate of drug-likeness (QED) is 0.791. The summed E-state index contributed by atoms with van der Waals surface area (Å²) in [7, 11) is 0. The highest BCUT2D eigenvalue weighted by atomic mass is 35.5. The Labute approximate surface area is 132 Å². The maximum atomic E-state index is 13.7. The molecule has 0 spiro atoms. The molecular formula is C16H16ClFN2O2. The standard InChI is InChI=1S/C16H16ClFN2O2/c17-13-7-4-8-14(15(13)18)20-16(22)19-12(10-21)9-11-5-2-1-3-6-11/h1-8,12,21H,9-10H2,(H2,19,20,22). The molecule has 1 atom stereocenters. The molecule has 0 saturated carbocycles. The molecule has 0 heterocycles. The number of aliphatic hydroxyl groups is 1. The van der Waals surface area contributed by atoms with Gasteiger partial charge in [0.25, 0.3) is 0 Å². The molecular weight excluding hydrogens is 307 g/mol. The van der Waals surface area contributed by atoms with E-state index in [2.05, 4.69) is 10.6 Å². The Morgan fingerprint density at radius 2 is 1.91 bits per heavy atom. The van der Waals surface area contributed by atoms with Gasteiger partial charge in [0.1, 0.15) is 0 Å². The largest absolute Gasteiger partial charge is 0.394 e. The number of amides is 2. The molecule has 2 aromatic rings. The van der Waals surface area contributed by atoms with Crippen molar-refractivity contribution in [2.24, 2.45) is 0 Å². The zero-order valence-electron chi connectivity index (χ0n) is 11.7. The Morgan fingerprint density at radius 1 is 1.18 bits per heavy atom. The first-order valence-electron chi connectivity index (χ1n) is 6.76. The lowest BCUT2D eigenvalue weighted by molar-refractivity contribution is 0.224. The number of hydrogen-bond acceptors (Lipinski definition) is 2. The van der Waals surface area contributed by atoms with Crippen molar-refractivity contribution in [3.05, 3.63) is 64.9 Å². The van der Waals surface area contributed by atoms with Gasteiger partial charge in [0.2, 0.25) is 0 Å². The van der Waals surface area contributed by atoms with E-state index in [0.29, 0.717) is 6.42 Å². The van der Waals surface area contributed by atoms with E-state index in [9.17, 15) is 14.3 Å². The summed E-state index contributed by atoms with van der Waals surface area (Å²) in [5.41, 5.74) is 0.970. The fourth-order valence-electron chi connectivity index (χ4n) is 2.00. The van der Waals surface area contributed by atoms with Crippen LogP contribution in [-0.4, -0.2) is 23.8 Å². The normalized spacial score (nSPS) is 11.8. The van der Waals surface area contributed by atoms with Crippen molar-refractivity contribution in [3.63, 3.8) is 0 Å². The molecule has 1 unspecified atom stereocenters. The third-order valence-corrected chi connectivity index (χ3v) is 3.37. The number of carbonyl (C=O) groups is 1. The first-order chi connectivity index (χ1) is 10.6. The van der Waals surface area contributed by atoms with E-state index in [1.54, 1.807) is 0 Å². The summed E-state index contributed by atoms with van der Waals surface area (Å²) in [5.74, 6) is -0.692. The number of benzene rings is 2. The molecule has 2 amide bonds. The lowest BCUT2D eigenvalue weighted by Gasteiger charge is -2.17. The van der Waals surface area contributed by atoms with Crippen molar-refractivity contribution >= 4 is 23.3 Å². The van der Waals surface area contributed by atoms with Crippen LogP contribution in [-0.2, 0) is 6.42 Å². The summed E-state index contributed by atoms with van der Waals surface area (Å²) in [6, 6.07) is 12.7. The van der Waals surface area contributed by atoms with Crippen molar-refractivity contribution in [2.45, 2.75) is 12.5 Å². The zero-order valence-corrected chi connectivity index (χ0v) is 12.5. The summed E-state index contributed by atoms with van der Waals surface area (Å²) in [5, 5.41) is 14.3. The second-order valence-corrected chi connectivity index (χ2v) is 5.18. The summed E-state index contributed by atoms with van der Waals surface area (Å²) >= 11 is 5.65. The Hall–Kier alpha value is -2.11. The Kier molecular flexibility index (Phi) is 5.75. The molecule has 6 heteroatoms. The van der Waals surface area contributed by atoms with Crippen molar-refractivity contribution in [1.29, 1.82) is 0 Å². The zero-order chi connectivity index (χ0) is 15.9. The molecule has 0 fully saturated rings. The minimum Gasteiger partial charge on any atom is -0.394 e. The van der Waals surface area contributed by atoms with E-state index in [1.807, 2.05) is 30.3 Å². The van der Waals surface area contributed by atoms with Crippen molar-refractivity contribution in [3.8, 4) is 0 Å². The van der Waals surface area contributed by atoms with Crippen molar-refractivity contribution in [2.75, 3.05) is 11.9 Å². The lowest BCUT2D eigenvalue weighted by atomic mass is 10.1. The number of hydrogen-bond donors (Lipinski definition) is 3. The van der Waals surface area contributed by atoms with E-state index < -0.39 is 17.9 Å². The molecule has 116 valence electrons. The first kappa shape index (κ1) is 16.3. The number of rotatable bonds is 5. The van der Waals surface area contributed by atoms with Crippen LogP contribution in [0, 0.1) is 5.82 Å². The Bertz CT molecular complexity index is 637. The highest BCUT2D eigenvalue weighted by Gasteiger charge is 2.14. The topological polar surface area (TPSA) is 61.4 Å². The molecule has 0 bridgehead atoms. The lowest BCUT2D eigenvalue weighted by Crippen LogP contribution is -2.41. The smallest absolute Gasteiger partial charge is 0.319 e. The SMILES string of the molecule is O=C(Nc1cccc(Cl)c1F)NC(CO)Cc1ccccc1. The second-order valence-electron chi connectivity index (χ2n) is 4.77. The third kappa shape index (κ3) is 4.44. The molecule has 0 saturated heterocycles. The van der Waals surface area contributed by atoms with Gasteiger partial charge in [-0.15, -0.1) is 0 Å². The molecule has 2 aromatic carbocycles. The van der Waals surface area contributed by atoms with Gasteiger partial charge in [-0.1, -0.05) is 48.0 Å². The summed E-state index contributed by atoms with van der Waals surface area (Å²) in [6.07, 6.45) is 0.475. The van der Waals surface area contributed by atoms with Crippen LogP contribution in [0.1, 0.15) is 5.56 Å². The number of halogens is 2. The van der Waals surface area contributed by atoms with Gasteiger partial charge in [-0.3, -0.25) is 0 Å². The maximum absolute atomic E-state index is 13.7. The van der Waals surface area contributed by atoms with Gasteiger partial charge < -0.3 is 15.7 Å². The fraction of sp³-hybridized carbons (Fsp3) is 0.188. The van der Waals surface area contributed by atoms with Crippen molar-refractivity contribution in [1.82, 2.24) is 5.32 Å². The number of carbonyl (C=O) groups excluding carboxylic acids is 1. The van der Waals surface area contributed by atoms with E-state index in [1.165, 1.54) is 18.2 Å². The maximum Gasteiger partial charge on any atom is 0.319 e. The summed E-state index contributed by atoms with van der Waals surface area (Å²) in [6.45, 7) is -0.222. The van der Waals surface area contributed by atoms with E-state index in [4.69, 9.17) is 11.6 Å². The van der Waals surface area contributed by atoms with Gasteiger partial charge >= 0.3 is 6.03 Å². The third-order valence-electron chi connectivity index (χ3n) is 3.08. The van der Waals surface area contributed by atoms with Crippen molar-refractivity contribution < 1.29 is 14.3 Å². The molecule has 0 aliphatic heterocycles. The van der Waals surface area contributed by atoms with Crippen LogP contribution in [0.25, 0.3) is 0 Å². The molecule has 0 aliphatic carbocycles. The fourth-order valence-corrected chi connectivity index (χ4v) is 2.18. The highest BCUT2D eigenvalue weighted by molar-refractivity contribution is 6.31. The molecule has 0 aromatic heterocycles. The Balaban J connectivity index is 1.96.